The van der Waals surface area contributed by atoms with E-state index in [0.29, 0.717) is 25.1 Å². The molecule has 1 unspecified atom stereocenters. The van der Waals surface area contributed by atoms with Crippen LogP contribution < -0.4 is 0 Å². The predicted octanol–water partition coefficient (Wildman–Crippen LogP) is 3.19. The molecule has 0 N–H and O–H groups in total. The van der Waals surface area contributed by atoms with Gasteiger partial charge in [0.05, 0.1) is 12.7 Å². The molecule has 3 heteroatoms. The Hall–Kier alpha value is -1.74. The minimum Gasteiger partial charge on any atom is -0.370 e. The first-order chi connectivity index (χ1) is 8.77. The molecule has 0 amide bonds. The standard InChI is InChI=1S/C15H19NO2/c1-3-7-13(18-12-4-2)9-10-15(17)14-8-5-6-11-16-14/h3-8,11,13H,2,9-10,12H2,1H3/b7-3+. The molecule has 96 valence electrons. The summed E-state index contributed by atoms with van der Waals surface area (Å²) in [6, 6.07) is 5.35. The highest BCUT2D eigenvalue weighted by Gasteiger charge is 2.10. The van der Waals surface area contributed by atoms with Crippen molar-refractivity contribution in [1.29, 1.82) is 0 Å². The van der Waals surface area contributed by atoms with Gasteiger partial charge in [0, 0.05) is 12.6 Å². The molecule has 0 bridgehead atoms. The average Bonchev–Trinajstić information content (AvgIpc) is 2.42. The van der Waals surface area contributed by atoms with Gasteiger partial charge in [-0.15, -0.1) is 6.58 Å². The van der Waals surface area contributed by atoms with E-state index in [4.69, 9.17) is 4.74 Å². The summed E-state index contributed by atoms with van der Waals surface area (Å²) in [6.45, 7) is 6.04. The maximum atomic E-state index is 11.9. The Morgan fingerprint density at radius 1 is 1.56 bits per heavy atom. The third-order valence-corrected chi connectivity index (χ3v) is 2.44. The van der Waals surface area contributed by atoms with E-state index in [-0.39, 0.29) is 11.9 Å². The summed E-state index contributed by atoms with van der Waals surface area (Å²) >= 11 is 0. The lowest BCUT2D eigenvalue weighted by Gasteiger charge is -2.12. The summed E-state index contributed by atoms with van der Waals surface area (Å²) < 4.78 is 5.54. The van der Waals surface area contributed by atoms with Gasteiger partial charge in [-0.2, -0.15) is 0 Å². The van der Waals surface area contributed by atoms with Gasteiger partial charge in [-0.1, -0.05) is 24.3 Å². The van der Waals surface area contributed by atoms with Crippen LogP contribution in [-0.2, 0) is 4.74 Å². The number of Topliss-reactive ketones (excluding diaryl/α,β-unsaturated/α-hetero) is 1. The van der Waals surface area contributed by atoms with Gasteiger partial charge in [-0.25, -0.2) is 0 Å². The number of aromatic nitrogens is 1. The fourth-order valence-corrected chi connectivity index (χ4v) is 1.57. The van der Waals surface area contributed by atoms with Crippen LogP contribution in [-0.4, -0.2) is 23.5 Å². The summed E-state index contributed by atoms with van der Waals surface area (Å²) in [5.74, 6) is 0.0484. The van der Waals surface area contributed by atoms with Crippen LogP contribution in [0.15, 0.2) is 49.2 Å². The molecule has 0 aliphatic rings. The summed E-state index contributed by atoms with van der Waals surface area (Å²) in [6.07, 6.45) is 8.27. The number of ketones is 1. The molecule has 1 aromatic rings. The number of nitrogens with zero attached hydrogens (tertiary/aromatic N) is 1. The zero-order valence-electron chi connectivity index (χ0n) is 10.7. The van der Waals surface area contributed by atoms with E-state index >= 15 is 0 Å². The zero-order chi connectivity index (χ0) is 13.2. The molecule has 3 nitrogen and oxygen atoms in total. The average molecular weight is 245 g/mol. The Kier molecular flexibility index (Phi) is 6.66. The molecular formula is C15H19NO2. The van der Waals surface area contributed by atoms with Gasteiger partial charge in [-0.3, -0.25) is 9.78 Å². The van der Waals surface area contributed by atoms with Gasteiger partial charge in [0.25, 0.3) is 0 Å². The van der Waals surface area contributed by atoms with Crippen LogP contribution >= 0.6 is 0 Å². The number of carbonyl (C=O) groups excluding carboxylic acids is 1. The molecular weight excluding hydrogens is 226 g/mol. The monoisotopic (exact) mass is 245 g/mol. The SMILES string of the molecule is C=CCOC(/C=C/C)CCC(=O)c1ccccn1. The van der Waals surface area contributed by atoms with E-state index in [0.717, 1.165) is 0 Å². The third-order valence-electron chi connectivity index (χ3n) is 2.44. The summed E-state index contributed by atoms with van der Waals surface area (Å²) in [5, 5.41) is 0. The van der Waals surface area contributed by atoms with Crippen molar-refractivity contribution >= 4 is 5.78 Å². The highest BCUT2D eigenvalue weighted by molar-refractivity contribution is 5.94. The molecule has 0 fully saturated rings. The molecule has 0 saturated heterocycles. The number of allylic oxidation sites excluding steroid dienone is 1. The maximum Gasteiger partial charge on any atom is 0.181 e. The molecule has 0 aliphatic carbocycles. The smallest absolute Gasteiger partial charge is 0.181 e. The number of hydrogen-bond acceptors (Lipinski definition) is 3. The second-order valence-electron chi connectivity index (χ2n) is 3.86. The van der Waals surface area contributed by atoms with Crippen molar-refractivity contribution in [3.05, 3.63) is 54.9 Å². The van der Waals surface area contributed by atoms with Crippen molar-refractivity contribution in [2.45, 2.75) is 25.9 Å². The molecule has 0 aromatic carbocycles. The highest BCUT2D eigenvalue weighted by atomic mass is 16.5. The van der Waals surface area contributed by atoms with Crippen LogP contribution in [0, 0.1) is 0 Å². The second-order valence-corrected chi connectivity index (χ2v) is 3.86. The fourth-order valence-electron chi connectivity index (χ4n) is 1.57. The first kappa shape index (κ1) is 14.3. The Morgan fingerprint density at radius 2 is 2.39 bits per heavy atom. The van der Waals surface area contributed by atoms with Gasteiger partial charge in [0.15, 0.2) is 5.78 Å². The Morgan fingerprint density at radius 3 is 3.00 bits per heavy atom. The van der Waals surface area contributed by atoms with E-state index in [2.05, 4.69) is 11.6 Å². The molecule has 0 spiro atoms. The van der Waals surface area contributed by atoms with Crippen molar-refractivity contribution in [2.24, 2.45) is 0 Å². The minimum atomic E-state index is -0.0411. The topological polar surface area (TPSA) is 39.2 Å². The van der Waals surface area contributed by atoms with Crippen LogP contribution in [0.4, 0.5) is 0 Å². The van der Waals surface area contributed by atoms with Crippen LogP contribution in [0.25, 0.3) is 0 Å². The van der Waals surface area contributed by atoms with Crippen molar-refractivity contribution in [3.8, 4) is 0 Å². The summed E-state index contributed by atoms with van der Waals surface area (Å²) in [5.41, 5.74) is 0.514. The Labute approximate surface area is 108 Å². The van der Waals surface area contributed by atoms with E-state index in [9.17, 15) is 4.79 Å². The van der Waals surface area contributed by atoms with Crippen molar-refractivity contribution in [3.63, 3.8) is 0 Å². The summed E-state index contributed by atoms with van der Waals surface area (Å²) in [7, 11) is 0. The van der Waals surface area contributed by atoms with Gasteiger partial charge >= 0.3 is 0 Å². The van der Waals surface area contributed by atoms with Crippen molar-refractivity contribution in [2.75, 3.05) is 6.61 Å². The fraction of sp³-hybridized carbons (Fsp3) is 0.333. The highest BCUT2D eigenvalue weighted by Crippen LogP contribution is 2.08. The van der Waals surface area contributed by atoms with Gasteiger partial charge in [-0.05, 0) is 25.5 Å². The number of ether oxygens (including phenoxy) is 1. The lowest BCUT2D eigenvalue weighted by Crippen LogP contribution is -2.13. The van der Waals surface area contributed by atoms with Crippen LogP contribution in [0.2, 0.25) is 0 Å². The Bertz CT molecular complexity index is 398. The molecule has 1 aromatic heterocycles. The molecule has 0 aliphatic heterocycles. The zero-order valence-corrected chi connectivity index (χ0v) is 10.7. The largest absolute Gasteiger partial charge is 0.370 e. The number of rotatable bonds is 8. The number of hydrogen-bond donors (Lipinski definition) is 0. The van der Waals surface area contributed by atoms with Gasteiger partial charge in [0.1, 0.15) is 5.69 Å². The maximum absolute atomic E-state index is 11.9. The van der Waals surface area contributed by atoms with Crippen molar-refractivity contribution < 1.29 is 9.53 Å². The first-order valence-electron chi connectivity index (χ1n) is 6.07. The first-order valence-corrected chi connectivity index (χ1v) is 6.07. The molecule has 0 saturated carbocycles. The lowest BCUT2D eigenvalue weighted by atomic mass is 10.1. The second kappa shape index (κ2) is 8.37. The third kappa shape index (κ3) is 5.06. The van der Waals surface area contributed by atoms with Crippen LogP contribution in [0.1, 0.15) is 30.3 Å². The van der Waals surface area contributed by atoms with Gasteiger partial charge in [0.2, 0.25) is 0 Å². The molecule has 1 heterocycles. The van der Waals surface area contributed by atoms with Crippen LogP contribution in [0.3, 0.4) is 0 Å². The summed E-state index contributed by atoms with van der Waals surface area (Å²) in [4.78, 5) is 15.9. The number of pyridine rings is 1. The molecule has 18 heavy (non-hydrogen) atoms. The molecule has 1 atom stereocenters. The van der Waals surface area contributed by atoms with E-state index in [1.165, 1.54) is 0 Å². The normalized spacial score (nSPS) is 12.5. The van der Waals surface area contributed by atoms with E-state index in [1.807, 2.05) is 25.1 Å². The van der Waals surface area contributed by atoms with Crippen LogP contribution in [0.5, 0.6) is 0 Å². The molecule has 1 rings (SSSR count). The lowest BCUT2D eigenvalue weighted by molar-refractivity contribution is 0.0854. The minimum absolute atomic E-state index is 0.0411. The molecule has 0 radical (unpaired) electrons. The quantitative estimate of drug-likeness (QED) is 0.521. The van der Waals surface area contributed by atoms with Crippen molar-refractivity contribution in [1.82, 2.24) is 4.98 Å². The van der Waals surface area contributed by atoms with E-state index < -0.39 is 0 Å². The van der Waals surface area contributed by atoms with E-state index in [1.54, 1.807) is 24.4 Å². The van der Waals surface area contributed by atoms with Gasteiger partial charge < -0.3 is 4.74 Å². The number of carbonyl (C=O) groups is 1. The Balaban J connectivity index is 2.46. The predicted molar refractivity (Wildman–Crippen MR) is 72.6 cm³/mol.